The minimum atomic E-state index is -1.33. The van der Waals surface area contributed by atoms with Crippen molar-refractivity contribution in [1.82, 2.24) is 0 Å². The molecule has 176 valence electrons. The molecular weight excluding hydrogens is 545 g/mol. The van der Waals surface area contributed by atoms with Gasteiger partial charge in [0.25, 0.3) is 5.91 Å². The fourth-order valence-electron chi connectivity index (χ4n) is 3.73. The molecule has 1 fully saturated rings. The zero-order valence-electron chi connectivity index (χ0n) is 17.4. The first-order valence-corrected chi connectivity index (χ1v) is 11.9. The highest BCUT2D eigenvalue weighted by Crippen LogP contribution is 2.65. The molecule has 0 radical (unpaired) electrons. The second-order valence-corrected chi connectivity index (χ2v) is 10.5. The average Bonchev–Trinajstić information content (AvgIpc) is 3.36. The molecule has 1 saturated carbocycles. The summed E-state index contributed by atoms with van der Waals surface area (Å²) >= 11 is 31.4. The normalized spacial score (nSPS) is 18.3. The molecule has 0 unspecified atom stereocenters. The summed E-state index contributed by atoms with van der Waals surface area (Å²) in [4.78, 5) is 25.7. The topological polar surface area (TPSA) is 58.2 Å². The van der Waals surface area contributed by atoms with E-state index in [0.29, 0.717) is 27.0 Å². The molecule has 4 nitrogen and oxygen atoms in total. The first-order chi connectivity index (χ1) is 16.0. The summed E-state index contributed by atoms with van der Waals surface area (Å²) in [6.07, 6.45) is 0. The Morgan fingerprint density at radius 3 is 2.18 bits per heavy atom. The molecule has 2 N–H and O–H groups in total. The van der Waals surface area contributed by atoms with E-state index in [9.17, 15) is 14.0 Å². The van der Waals surface area contributed by atoms with Crippen LogP contribution in [0.4, 0.5) is 15.8 Å². The smallest absolute Gasteiger partial charge is 0.257 e. The Kier molecular flexibility index (Phi) is 7.05. The van der Waals surface area contributed by atoms with E-state index < -0.39 is 33.8 Å². The van der Waals surface area contributed by atoms with Crippen molar-refractivity contribution in [3.05, 3.63) is 92.2 Å². The monoisotopic (exact) mass is 558 g/mol. The minimum absolute atomic E-state index is 0.124. The summed E-state index contributed by atoms with van der Waals surface area (Å²) in [5, 5.41) is 6.32. The quantitative estimate of drug-likeness (QED) is 0.312. The molecule has 3 aromatic rings. The predicted molar refractivity (Wildman–Crippen MR) is 136 cm³/mol. The van der Waals surface area contributed by atoms with Gasteiger partial charge in [0.1, 0.15) is 10.2 Å². The Hall–Kier alpha value is -2.02. The average molecular weight is 561 g/mol. The van der Waals surface area contributed by atoms with E-state index in [0.717, 1.165) is 5.56 Å². The number of halogens is 6. The van der Waals surface area contributed by atoms with Crippen molar-refractivity contribution < 1.29 is 14.0 Å². The zero-order valence-corrected chi connectivity index (χ0v) is 21.2. The van der Waals surface area contributed by atoms with Crippen LogP contribution in [0, 0.1) is 18.7 Å². The van der Waals surface area contributed by atoms with E-state index in [-0.39, 0.29) is 10.6 Å². The van der Waals surface area contributed by atoms with Gasteiger partial charge in [0.2, 0.25) is 5.91 Å². The highest BCUT2D eigenvalue weighted by molar-refractivity contribution is 6.53. The molecule has 0 saturated heterocycles. The number of benzene rings is 3. The number of alkyl halides is 2. The highest BCUT2D eigenvalue weighted by Gasteiger charge is 2.67. The van der Waals surface area contributed by atoms with Crippen LogP contribution < -0.4 is 10.6 Å². The van der Waals surface area contributed by atoms with Gasteiger partial charge in [-0.25, -0.2) is 4.39 Å². The molecule has 4 rings (SSSR count). The lowest BCUT2D eigenvalue weighted by Crippen LogP contribution is -2.18. The maximum atomic E-state index is 13.1. The number of rotatable bonds is 5. The van der Waals surface area contributed by atoms with Gasteiger partial charge < -0.3 is 10.6 Å². The molecule has 1 aliphatic carbocycles. The summed E-state index contributed by atoms with van der Waals surface area (Å²) < 4.78 is 11.8. The lowest BCUT2D eigenvalue weighted by atomic mass is 10.1. The van der Waals surface area contributed by atoms with Gasteiger partial charge in [-0.2, -0.15) is 0 Å². The van der Waals surface area contributed by atoms with Crippen molar-refractivity contribution in [2.45, 2.75) is 17.2 Å². The molecule has 10 heteroatoms. The van der Waals surface area contributed by atoms with Crippen LogP contribution in [0.1, 0.15) is 27.4 Å². The van der Waals surface area contributed by atoms with E-state index >= 15 is 0 Å². The van der Waals surface area contributed by atoms with Gasteiger partial charge in [-0.1, -0.05) is 40.9 Å². The first kappa shape index (κ1) is 25.1. The predicted octanol–water partition coefficient (Wildman–Crippen LogP) is 7.87. The van der Waals surface area contributed by atoms with Gasteiger partial charge in [-0.3, -0.25) is 9.59 Å². The van der Waals surface area contributed by atoms with Crippen LogP contribution in [0.3, 0.4) is 0 Å². The summed E-state index contributed by atoms with van der Waals surface area (Å²) in [7, 11) is 0. The van der Waals surface area contributed by atoms with Crippen molar-refractivity contribution >= 4 is 81.2 Å². The maximum absolute atomic E-state index is 13.1. The summed E-state index contributed by atoms with van der Waals surface area (Å²) in [6, 6.07) is 13.2. The van der Waals surface area contributed by atoms with Gasteiger partial charge >= 0.3 is 0 Å². The Balaban J connectivity index is 1.51. The molecule has 0 spiro atoms. The Morgan fingerprint density at radius 2 is 1.53 bits per heavy atom. The number of anilines is 2. The standard InChI is InChI=1S/C24H16Cl5FN2O2/c1-11-8-12(9-18(26)21(11)27)19-20(24(19,28)29)23(34)32-15-6-7-17(25)16(10-15)22(33)31-14-4-2-13(30)3-5-14/h2-10,19-20H,1H3,(H,31,33)(H,32,34)/t19-,20+/m1/s1. The Morgan fingerprint density at radius 1 is 0.882 bits per heavy atom. The molecule has 2 atom stereocenters. The number of carbonyl (C=O) groups excluding carboxylic acids is 2. The molecule has 0 heterocycles. The van der Waals surface area contributed by atoms with Crippen LogP contribution in [-0.4, -0.2) is 16.1 Å². The fraction of sp³-hybridized carbons (Fsp3) is 0.167. The molecule has 0 bridgehead atoms. The molecule has 2 amide bonds. The third-order valence-electron chi connectivity index (χ3n) is 5.51. The van der Waals surface area contributed by atoms with Crippen LogP contribution in [0.2, 0.25) is 15.1 Å². The summed E-state index contributed by atoms with van der Waals surface area (Å²) in [6.45, 7) is 1.80. The Labute approximate surface area is 220 Å². The van der Waals surface area contributed by atoms with Gasteiger partial charge in [-0.15, -0.1) is 23.2 Å². The van der Waals surface area contributed by atoms with Crippen LogP contribution >= 0.6 is 58.0 Å². The SMILES string of the molecule is Cc1cc([C@@H]2[C@@H](C(=O)Nc3ccc(Cl)c(C(=O)Nc4ccc(F)cc4)c3)C2(Cl)Cl)cc(Cl)c1Cl. The van der Waals surface area contributed by atoms with E-state index in [1.807, 2.05) is 0 Å². The lowest BCUT2D eigenvalue weighted by Gasteiger charge is -2.10. The third-order valence-corrected chi connectivity index (χ3v) is 7.67. The molecular formula is C24H16Cl5FN2O2. The van der Waals surface area contributed by atoms with E-state index in [1.54, 1.807) is 25.1 Å². The second-order valence-electron chi connectivity index (χ2n) is 7.91. The molecule has 3 aromatic carbocycles. The maximum Gasteiger partial charge on any atom is 0.257 e. The highest BCUT2D eigenvalue weighted by atomic mass is 35.5. The number of nitrogens with one attached hydrogen (secondary N) is 2. The van der Waals surface area contributed by atoms with Crippen molar-refractivity contribution in [3.63, 3.8) is 0 Å². The van der Waals surface area contributed by atoms with Crippen molar-refractivity contribution in [2.75, 3.05) is 10.6 Å². The van der Waals surface area contributed by atoms with Gasteiger partial charge in [0.15, 0.2) is 0 Å². The van der Waals surface area contributed by atoms with Crippen molar-refractivity contribution in [1.29, 1.82) is 0 Å². The summed E-state index contributed by atoms with van der Waals surface area (Å²) in [5.41, 5.74) is 2.29. The largest absolute Gasteiger partial charge is 0.326 e. The zero-order chi connectivity index (χ0) is 24.8. The van der Waals surface area contributed by atoms with Crippen molar-refractivity contribution in [3.8, 4) is 0 Å². The lowest BCUT2D eigenvalue weighted by molar-refractivity contribution is -0.117. The third kappa shape index (κ3) is 5.00. The van der Waals surface area contributed by atoms with Crippen LogP contribution in [-0.2, 0) is 4.79 Å². The number of aryl methyl sites for hydroxylation is 1. The Bertz CT molecular complexity index is 1270. The molecule has 0 aliphatic heterocycles. The fourth-order valence-corrected chi connectivity index (χ4v) is 5.14. The van der Waals surface area contributed by atoms with Gasteiger partial charge in [0, 0.05) is 17.3 Å². The van der Waals surface area contributed by atoms with E-state index in [2.05, 4.69) is 10.6 Å². The number of hydrogen-bond donors (Lipinski definition) is 2. The molecule has 0 aromatic heterocycles. The van der Waals surface area contributed by atoms with Crippen LogP contribution in [0.5, 0.6) is 0 Å². The number of hydrogen-bond acceptors (Lipinski definition) is 2. The van der Waals surface area contributed by atoms with Crippen LogP contribution in [0.25, 0.3) is 0 Å². The molecule has 34 heavy (non-hydrogen) atoms. The van der Waals surface area contributed by atoms with E-state index in [4.69, 9.17) is 58.0 Å². The number of amides is 2. The van der Waals surface area contributed by atoms with Gasteiger partial charge in [0.05, 0.1) is 26.5 Å². The van der Waals surface area contributed by atoms with Gasteiger partial charge in [-0.05, 0) is 66.6 Å². The number of carbonyl (C=O) groups is 2. The second kappa shape index (κ2) is 9.56. The van der Waals surface area contributed by atoms with Crippen molar-refractivity contribution in [2.24, 2.45) is 5.92 Å². The minimum Gasteiger partial charge on any atom is -0.326 e. The molecule has 1 aliphatic rings. The first-order valence-electron chi connectivity index (χ1n) is 9.99. The summed E-state index contributed by atoms with van der Waals surface area (Å²) in [5.74, 6) is -2.61. The van der Waals surface area contributed by atoms with Crippen LogP contribution in [0.15, 0.2) is 54.6 Å². The van der Waals surface area contributed by atoms with E-state index in [1.165, 1.54) is 36.4 Å².